The van der Waals surface area contributed by atoms with Gasteiger partial charge in [0.05, 0.1) is 12.1 Å². The predicted molar refractivity (Wildman–Crippen MR) is 112 cm³/mol. The number of benzene rings is 1. The highest BCUT2D eigenvalue weighted by Gasteiger charge is 2.37. The summed E-state index contributed by atoms with van der Waals surface area (Å²) in [5.74, 6) is 0.190. The third-order valence-corrected chi connectivity index (χ3v) is 5.95. The number of hydrogen-bond donors (Lipinski definition) is 1. The topological polar surface area (TPSA) is 53.9 Å². The van der Waals surface area contributed by atoms with Gasteiger partial charge in [0.15, 0.2) is 0 Å². The van der Waals surface area contributed by atoms with E-state index in [-0.39, 0.29) is 11.9 Å². The normalized spacial score (nSPS) is 24.7. The van der Waals surface area contributed by atoms with Crippen LogP contribution in [0.4, 0.5) is 9.18 Å². The third-order valence-electron chi connectivity index (χ3n) is 5.20. The van der Waals surface area contributed by atoms with Crippen molar-refractivity contribution in [2.45, 2.75) is 38.3 Å². The molecule has 1 amide bonds. The number of fused-ring (bicyclic) bond motifs is 3. The van der Waals surface area contributed by atoms with Gasteiger partial charge in [-0.25, -0.2) is 9.18 Å². The molecule has 0 aliphatic carbocycles. The van der Waals surface area contributed by atoms with Crippen LogP contribution in [0.1, 0.15) is 32.3 Å². The minimum absolute atomic E-state index is 0.0205. The van der Waals surface area contributed by atoms with Gasteiger partial charge in [0.2, 0.25) is 0 Å². The smallest absolute Gasteiger partial charge is 0.407 e. The maximum absolute atomic E-state index is 13.2. The fourth-order valence-electron chi connectivity index (χ4n) is 3.66. The highest BCUT2D eigenvalue weighted by Crippen LogP contribution is 2.29. The van der Waals surface area contributed by atoms with E-state index < -0.39 is 11.6 Å². The predicted octanol–water partition coefficient (Wildman–Crippen LogP) is 4.05. The molecule has 3 heterocycles. The minimum atomic E-state index is -0.571. The molecule has 0 unspecified atom stereocenters. The summed E-state index contributed by atoms with van der Waals surface area (Å²) in [5.41, 5.74) is 0.245. The van der Waals surface area contributed by atoms with Gasteiger partial charge in [-0.2, -0.15) is 0 Å². The van der Waals surface area contributed by atoms with Crippen molar-refractivity contribution in [3.05, 3.63) is 47.6 Å². The summed E-state index contributed by atoms with van der Waals surface area (Å²) < 4.78 is 18.9. The maximum atomic E-state index is 13.2. The lowest BCUT2D eigenvalue weighted by Crippen LogP contribution is -2.54. The number of nitrogens with zero attached hydrogens (tertiary/aromatic N) is 2. The summed E-state index contributed by atoms with van der Waals surface area (Å²) in [6, 6.07) is 6.19. The van der Waals surface area contributed by atoms with Gasteiger partial charge in [-0.3, -0.25) is 9.89 Å². The monoisotopic (exact) mass is 405 g/mol. The maximum Gasteiger partial charge on any atom is 0.407 e. The Morgan fingerprint density at radius 1 is 1.39 bits per heavy atom. The Morgan fingerprint density at radius 2 is 2.07 bits per heavy atom. The molecule has 3 aliphatic heterocycles. The Labute approximate surface area is 170 Å². The van der Waals surface area contributed by atoms with E-state index in [4.69, 9.17) is 4.74 Å². The lowest BCUT2D eigenvalue weighted by Gasteiger charge is -2.44. The van der Waals surface area contributed by atoms with E-state index >= 15 is 0 Å². The average molecular weight is 406 g/mol. The number of amides is 1. The van der Waals surface area contributed by atoms with Crippen LogP contribution in [0.25, 0.3) is 0 Å². The van der Waals surface area contributed by atoms with Gasteiger partial charge >= 0.3 is 6.09 Å². The zero-order chi connectivity index (χ0) is 20.1. The number of carbonyl (C=O) groups excluding carboxylic acids is 1. The Hall–Kier alpha value is -1.86. The van der Waals surface area contributed by atoms with Crippen LogP contribution in [0.3, 0.4) is 0 Å². The number of carbonyl (C=O) groups is 1. The highest BCUT2D eigenvalue weighted by molar-refractivity contribution is 8.16. The number of ether oxygens (including phenoxy) is 1. The first kappa shape index (κ1) is 20.9. The molecule has 1 aromatic rings. The summed E-state index contributed by atoms with van der Waals surface area (Å²) in [6.07, 6.45) is 1.79. The Balaban J connectivity index is 1.58. The molecule has 2 bridgehead atoms. The van der Waals surface area contributed by atoms with Crippen molar-refractivity contribution in [3.63, 3.8) is 0 Å². The van der Waals surface area contributed by atoms with E-state index in [1.165, 1.54) is 23.9 Å². The van der Waals surface area contributed by atoms with Gasteiger partial charge in [-0.05, 0) is 75.4 Å². The SMILES string of the molecule is C=CSC(=NCC(C)(C)NC(=O)O[C@@H]1CN2CCC1CC2)c1ccc(F)cc1. The molecular weight excluding hydrogens is 377 g/mol. The van der Waals surface area contributed by atoms with E-state index in [2.05, 4.69) is 21.8 Å². The molecule has 5 nitrogen and oxygen atoms in total. The molecular formula is C21H28FN3O2S. The number of nitrogens with one attached hydrogen (secondary N) is 1. The molecule has 0 spiro atoms. The van der Waals surface area contributed by atoms with Crippen LogP contribution in [0.15, 0.2) is 41.2 Å². The molecule has 4 rings (SSSR count). The molecule has 1 aromatic carbocycles. The number of alkyl carbamates (subject to hydrolysis) is 1. The van der Waals surface area contributed by atoms with Gasteiger partial charge in [0, 0.05) is 12.1 Å². The quantitative estimate of drug-likeness (QED) is 0.573. The van der Waals surface area contributed by atoms with Crippen molar-refractivity contribution in [2.75, 3.05) is 26.2 Å². The molecule has 3 aliphatic rings. The van der Waals surface area contributed by atoms with E-state index in [0.717, 1.165) is 43.1 Å². The molecule has 3 fully saturated rings. The van der Waals surface area contributed by atoms with Gasteiger partial charge in [-0.1, -0.05) is 18.3 Å². The molecule has 0 radical (unpaired) electrons. The number of hydrogen-bond acceptors (Lipinski definition) is 5. The fraction of sp³-hybridized carbons (Fsp3) is 0.524. The van der Waals surface area contributed by atoms with Crippen molar-refractivity contribution in [3.8, 4) is 0 Å². The lowest BCUT2D eigenvalue weighted by atomic mass is 9.86. The summed E-state index contributed by atoms with van der Waals surface area (Å²) in [4.78, 5) is 19.4. The van der Waals surface area contributed by atoms with E-state index in [1.54, 1.807) is 17.5 Å². The van der Waals surface area contributed by atoms with Crippen LogP contribution in [0.5, 0.6) is 0 Å². The lowest BCUT2D eigenvalue weighted by molar-refractivity contribution is -0.0347. The summed E-state index contributed by atoms with van der Waals surface area (Å²) >= 11 is 1.37. The molecule has 1 atom stereocenters. The van der Waals surface area contributed by atoms with Gasteiger partial charge < -0.3 is 10.1 Å². The molecule has 28 heavy (non-hydrogen) atoms. The summed E-state index contributed by atoms with van der Waals surface area (Å²) in [7, 11) is 0. The molecule has 7 heteroatoms. The number of piperidine rings is 3. The zero-order valence-electron chi connectivity index (χ0n) is 16.5. The van der Waals surface area contributed by atoms with Crippen molar-refractivity contribution >= 4 is 22.9 Å². The van der Waals surface area contributed by atoms with Crippen LogP contribution in [-0.4, -0.2) is 53.9 Å². The Bertz CT molecular complexity index is 728. The number of rotatable bonds is 6. The second-order valence-electron chi connectivity index (χ2n) is 8.00. The van der Waals surface area contributed by atoms with Crippen molar-refractivity contribution in [1.82, 2.24) is 10.2 Å². The van der Waals surface area contributed by atoms with Crippen LogP contribution in [0.2, 0.25) is 0 Å². The molecule has 0 aromatic heterocycles. The van der Waals surface area contributed by atoms with Crippen LogP contribution in [-0.2, 0) is 4.74 Å². The standard InChI is InChI=1S/C21H28FN3O2S/c1-4-28-19(16-5-7-17(22)8-6-16)23-14-21(2,3)24-20(26)27-18-13-25-11-9-15(18)10-12-25/h4-8,15,18H,1,9-14H2,2-3H3,(H,24,26)/t18-/m1/s1. The average Bonchev–Trinajstić information content (AvgIpc) is 2.66. The van der Waals surface area contributed by atoms with E-state index in [1.807, 2.05) is 13.8 Å². The van der Waals surface area contributed by atoms with Gasteiger partial charge in [-0.15, -0.1) is 0 Å². The van der Waals surface area contributed by atoms with E-state index in [0.29, 0.717) is 12.5 Å². The van der Waals surface area contributed by atoms with Crippen molar-refractivity contribution in [2.24, 2.45) is 10.9 Å². The molecule has 152 valence electrons. The van der Waals surface area contributed by atoms with Crippen LogP contribution >= 0.6 is 11.8 Å². The zero-order valence-corrected chi connectivity index (χ0v) is 17.3. The summed E-state index contributed by atoms with van der Waals surface area (Å²) in [6.45, 7) is 11.0. The van der Waals surface area contributed by atoms with Crippen LogP contribution < -0.4 is 5.32 Å². The highest BCUT2D eigenvalue weighted by atomic mass is 32.2. The van der Waals surface area contributed by atoms with Crippen molar-refractivity contribution in [1.29, 1.82) is 0 Å². The minimum Gasteiger partial charge on any atom is -0.445 e. The van der Waals surface area contributed by atoms with Crippen molar-refractivity contribution < 1.29 is 13.9 Å². The van der Waals surface area contributed by atoms with Gasteiger partial charge in [0.25, 0.3) is 0 Å². The first-order valence-corrected chi connectivity index (χ1v) is 10.5. The first-order chi connectivity index (χ1) is 13.4. The second-order valence-corrected chi connectivity index (χ2v) is 8.96. The summed E-state index contributed by atoms with van der Waals surface area (Å²) in [5, 5.41) is 5.36. The first-order valence-electron chi connectivity index (χ1n) is 9.65. The Morgan fingerprint density at radius 3 is 2.64 bits per heavy atom. The number of thioether (sulfide) groups is 1. The number of aliphatic imine (C=N–C) groups is 1. The van der Waals surface area contributed by atoms with E-state index in [9.17, 15) is 9.18 Å². The van der Waals surface area contributed by atoms with Gasteiger partial charge in [0.1, 0.15) is 17.0 Å². The third kappa shape index (κ3) is 5.58. The molecule has 0 saturated carbocycles. The van der Waals surface area contributed by atoms with Crippen LogP contribution in [0, 0.1) is 11.7 Å². The largest absolute Gasteiger partial charge is 0.445 e. The fourth-order valence-corrected chi connectivity index (χ4v) is 4.23. The molecule has 1 N–H and O–H groups in total. The number of halogens is 1. The second kappa shape index (κ2) is 9.09. The Kier molecular flexibility index (Phi) is 6.78. The molecule has 3 saturated heterocycles.